The lowest BCUT2D eigenvalue weighted by Crippen LogP contribution is -2.29. The van der Waals surface area contributed by atoms with E-state index >= 15 is 0 Å². The first-order chi connectivity index (χ1) is 9.25. The standard InChI is InChI=1S/C12H9F5N2S/c1-12(2,11-18-3-4-20-11)19-10-8(16)6(14)5(13)7(15)9(10)17/h3-4,19H,1-2H3. The van der Waals surface area contributed by atoms with Crippen molar-refractivity contribution < 1.29 is 22.0 Å². The summed E-state index contributed by atoms with van der Waals surface area (Å²) in [4.78, 5) is 3.96. The third-order valence-corrected chi connectivity index (χ3v) is 3.71. The summed E-state index contributed by atoms with van der Waals surface area (Å²) in [7, 11) is 0. The molecule has 8 heteroatoms. The molecule has 0 saturated carbocycles. The first kappa shape index (κ1) is 14.7. The summed E-state index contributed by atoms with van der Waals surface area (Å²) in [6.07, 6.45) is 1.47. The number of anilines is 1. The van der Waals surface area contributed by atoms with Crippen LogP contribution in [0.3, 0.4) is 0 Å². The second-order valence-electron chi connectivity index (χ2n) is 4.53. The van der Waals surface area contributed by atoms with E-state index in [1.165, 1.54) is 31.4 Å². The molecule has 0 fully saturated rings. The first-order valence-corrected chi connectivity index (χ1v) is 6.33. The maximum atomic E-state index is 13.6. The first-order valence-electron chi connectivity index (χ1n) is 5.45. The molecule has 0 aliphatic heterocycles. The molecule has 0 bridgehead atoms. The van der Waals surface area contributed by atoms with E-state index in [0.717, 1.165) is 0 Å². The number of nitrogens with one attached hydrogen (secondary N) is 1. The second-order valence-corrected chi connectivity index (χ2v) is 5.43. The number of aromatic nitrogens is 1. The molecule has 0 radical (unpaired) electrons. The number of benzene rings is 1. The van der Waals surface area contributed by atoms with Crippen molar-refractivity contribution in [3.63, 3.8) is 0 Å². The van der Waals surface area contributed by atoms with Gasteiger partial charge in [-0.25, -0.2) is 26.9 Å². The predicted octanol–water partition coefficient (Wildman–Crippen LogP) is 4.19. The number of hydrogen-bond acceptors (Lipinski definition) is 3. The van der Waals surface area contributed by atoms with Crippen molar-refractivity contribution >= 4 is 17.0 Å². The maximum Gasteiger partial charge on any atom is 0.200 e. The fraction of sp³-hybridized carbons (Fsp3) is 0.250. The molecule has 108 valence electrons. The van der Waals surface area contributed by atoms with Crippen LogP contribution in [0.4, 0.5) is 27.6 Å². The van der Waals surface area contributed by atoms with Crippen LogP contribution in [-0.2, 0) is 5.54 Å². The van der Waals surface area contributed by atoms with E-state index in [1.54, 1.807) is 5.38 Å². The molecule has 1 aromatic heterocycles. The third-order valence-electron chi connectivity index (χ3n) is 2.61. The van der Waals surface area contributed by atoms with E-state index in [4.69, 9.17) is 0 Å². The highest BCUT2D eigenvalue weighted by Crippen LogP contribution is 2.33. The van der Waals surface area contributed by atoms with Crippen LogP contribution in [0.15, 0.2) is 11.6 Å². The fourth-order valence-corrected chi connectivity index (χ4v) is 2.33. The fourth-order valence-electron chi connectivity index (χ4n) is 1.61. The summed E-state index contributed by atoms with van der Waals surface area (Å²) in [5, 5.41) is 4.40. The van der Waals surface area contributed by atoms with Gasteiger partial charge >= 0.3 is 0 Å². The van der Waals surface area contributed by atoms with Crippen molar-refractivity contribution in [2.75, 3.05) is 5.32 Å². The van der Waals surface area contributed by atoms with Crippen LogP contribution in [0, 0.1) is 29.1 Å². The molecule has 0 spiro atoms. The predicted molar refractivity (Wildman–Crippen MR) is 65.0 cm³/mol. The van der Waals surface area contributed by atoms with E-state index < -0.39 is 40.3 Å². The molecule has 0 atom stereocenters. The molecule has 0 aliphatic rings. The molecular formula is C12H9F5N2S. The Bertz CT molecular complexity index is 611. The van der Waals surface area contributed by atoms with Crippen LogP contribution < -0.4 is 5.32 Å². The van der Waals surface area contributed by atoms with Gasteiger partial charge in [0.05, 0.1) is 5.54 Å². The van der Waals surface area contributed by atoms with Crippen molar-refractivity contribution in [1.29, 1.82) is 0 Å². The van der Waals surface area contributed by atoms with Crippen LogP contribution in [-0.4, -0.2) is 4.98 Å². The lowest BCUT2D eigenvalue weighted by molar-refractivity contribution is 0.379. The Hall–Kier alpha value is -1.70. The minimum absolute atomic E-state index is 0.446. The van der Waals surface area contributed by atoms with Crippen molar-refractivity contribution in [1.82, 2.24) is 4.98 Å². The Morgan fingerprint density at radius 1 is 0.950 bits per heavy atom. The third kappa shape index (κ3) is 2.35. The zero-order chi connectivity index (χ0) is 15.1. The summed E-state index contributed by atoms with van der Waals surface area (Å²) in [6.45, 7) is 3.04. The number of rotatable bonds is 3. The van der Waals surface area contributed by atoms with E-state index in [-0.39, 0.29) is 0 Å². The Labute approximate surface area is 115 Å². The molecule has 2 nitrogen and oxygen atoms in total. The van der Waals surface area contributed by atoms with Crippen LogP contribution >= 0.6 is 11.3 Å². The van der Waals surface area contributed by atoms with Crippen molar-refractivity contribution in [2.24, 2.45) is 0 Å². The Morgan fingerprint density at radius 2 is 1.45 bits per heavy atom. The van der Waals surface area contributed by atoms with Crippen molar-refractivity contribution in [3.05, 3.63) is 45.7 Å². The topological polar surface area (TPSA) is 24.9 Å². The molecule has 1 N–H and O–H groups in total. The van der Waals surface area contributed by atoms with Gasteiger partial charge in [-0.2, -0.15) is 0 Å². The largest absolute Gasteiger partial charge is 0.369 e. The monoisotopic (exact) mass is 308 g/mol. The highest BCUT2D eigenvalue weighted by Gasteiger charge is 2.31. The lowest BCUT2D eigenvalue weighted by atomic mass is 10.1. The Kier molecular flexibility index (Phi) is 3.68. The Morgan fingerprint density at radius 3 is 1.90 bits per heavy atom. The SMILES string of the molecule is CC(C)(Nc1c(F)c(F)c(F)c(F)c1F)c1nccs1. The zero-order valence-corrected chi connectivity index (χ0v) is 11.2. The molecule has 0 aliphatic carbocycles. The summed E-state index contributed by atoms with van der Waals surface area (Å²) in [5.41, 5.74) is -2.16. The molecule has 20 heavy (non-hydrogen) atoms. The minimum Gasteiger partial charge on any atom is -0.369 e. The number of hydrogen-bond donors (Lipinski definition) is 1. The van der Waals surface area contributed by atoms with Crippen LogP contribution in [0.5, 0.6) is 0 Å². The van der Waals surface area contributed by atoms with Gasteiger partial charge in [-0.1, -0.05) is 0 Å². The second kappa shape index (κ2) is 5.01. The number of thiazole rings is 1. The average molecular weight is 308 g/mol. The molecular weight excluding hydrogens is 299 g/mol. The summed E-state index contributed by atoms with van der Waals surface area (Å²) >= 11 is 1.19. The highest BCUT2D eigenvalue weighted by molar-refractivity contribution is 7.09. The van der Waals surface area contributed by atoms with Crippen LogP contribution in [0.25, 0.3) is 0 Å². The van der Waals surface area contributed by atoms with Gasteiger partial charge in [0, 0.05) is 11.6 Å². The normalized spacial score (nSPS) is 11.8. The van der Waals surface area contributed by atoms with Crippen molar-refractivity contribution in [2.45, 2.75) is 19.4 Å². The van der Waals surface area contributed by atoms with E-state index in [1.807, 2.05) is 0 Å². The number of nitrogens with zero attached hydrogens (tertiary/aromatic N) is 1. The summed E-state index contributed by atoms with van der Waals surface area (Å²) in [6, 6.07) is 0. The van der Waals surface area contributed by atoms with Crippen molar-refractivity contribution in [3.8, 4) is 0 Å². The smallest absolute Gasteiger partial charge is 0.200 e. The van der Waals surface area contributed by atoms with E-state index in [9.17, 15) is 22.0 Å². The van der Waals surface area contributed by atoms with Gasteiger partial charge in [-0.05, 0) is 13.8 Å². The molecule has 0 saturated heterocycles. The quantitative estimate of drug-likeness (QED) is 0.522. The lowest BCUT2D eigenvalue weighted by Gasteiger charge is -2.26. The van der Waals surface area contributed by atoms with Gasteiger partial charge in [0.25, 0.3) is 0 Å². The van der Waals surface area contributed by atoms with Gasteiger partial charge in [0.2, 0.25) is 5.82 Å². The zero-order valence-electron chi connectivity index (χ0n) is 10.4. The van der Waals surface area contributed by atoms with Gasteiger partial charge < -0.3 is 5.32 Å². The highest BCUT2D eigenvalue weighted by atomic mass is 32.1. The van der Waals surface area contributed by atoms with Gasteiger partial charge in [-0.3, -0.25) is 0 Å². The van der Waals surface area contributed by atoms with E-state index in [2.05, 4.69) is 10.3 Å². The molecule has 2 rings (SSSR count). The van der Waals surface area contributed by atoms with E-state index in [0.29, 0.717) is 5.01 Å². The van der Waals surface area contributed by atoms with Crippen LogP contribution in [0.2, 0.25) is 0 Å². The van der Waals surface area contributed by atoms with Gasteiger partial charge in [0.1, 0.15) is 10.7 Å². The number of halogens is 5. The van der Waals surface area contributed by atoms with Gasteiger partial charge in [0.15, 0.2) is 23.3 Å². The molecule has 0 unspecified atom stereocenters. The summed E-state index contributed by atoms with van der Waals surface area (Å²) in [5.74, 6) is -9.95. The average Bonchev–Trinajstić information content (AvgIpc) is 2.94. The minimum atomic E-state index is -2.18. The molecule has 1 heterocycles. The molecule has 0 amide bonds. The molecule has 1 aromatic carbocycles. The van der Waals surface area contributed by atoms with Gasteiger partial charge in [-0.15, -0.1) is 11.3 Å². The Balaban J connectivity index is 2.50. The van der Waals surface area contributed by atoms with Crippen LogP contribution in [0.1, 0.15) is 18.9 Å². The summed E-state index contributed by atoms with van der Waals surface area (Å²) < 4.78 is 66.3. The maximum absolute atomic E-state index is 13.6. The molecule has 2 aromatic rings.